The number of hydrogen-bond donors (Lipinski definition) is 0. The van der Waals surface area contributed by atoms with Crippen molar-refractivity contribution in [1.29, 1.82) is 0 Å². The van der Waals surface area contributed by atoms with Gasteiger partial charge >= 0.3 is 0 Å². The van der Waals surface area contributed by atoms with E-state index in [0.717, 1.165) is 37.2 Å². The highest BCUT2D eigenvalue weighted by Crippen LogP contribution is 2.21. The first-order valence-electron chi connectivity index (χ1n) is 7.16. The van der Waals surface area contributed by atoms with Gasteiger partial charge in [-0.2, -0.15) is 0 Å². The van der Waals surface area contributed by atoms with E-state index >= 15 is 0 Å². The average molecular weight is 251 g/mol. The first-order valence-corrected chi connectivity index (χ1v) is 7.16. The smallest absolute Gasteiger partial charge is 0.165 e. The van der Waals surface area contributed by atoms with Gasteiger partial charge < -0.3 is 0 Å². The van der Waals surface area contributed by atoms with Crippen LogP contribution in [-0.4, -0.2) is 38.2 Å². The first-order chi connectivity index (χ1) is 8.69. The molecule has 1 fully saturated rings. The molecule has 2 heterocycles. The van der Waals surface area contributed by atoms with Crippen LogP contribution in [0.25, 0.3) is 0 Å². The van der Waals surface area contributed by atoms with Crippen LogP contribution in [0.2, 0.25) is 0 Å². The topological polar surface area (TPSA) is 46.8 Å². The molecule has 0 saturated carbocycles. The third-order valence-electron chi connectivity index (χ3n) is 3.64. The van der Waals surface area contributed by atoms with Gasteiger partial charge in [0, 0.05) is 19.6 Å². The number of hydrogen-bond acceptors (Lipinski definition) is 4. The van der Waals surface area contributed by atoms with E-state index in [1.165, 1.54) is 25.9 Å². The monoisotopic (exact) mass is 251 g/mol. The van der Waals surface area contributed by atoms with Gasteiger partial charge in [-0.05, 0) is 35.1 Å². The summed E-state index contributed by atoms with van der Waals surface area (Å²) in [7, 11) is 0. The molecule has 5 nitrogen and oxygen atoms in total. The number of aromatic nitrogens is 4. The Morgan fingerprint density at radius 1 is 1.22 bits per heavy atom. The molecule has 2 rings (SSSR count). The number of unbranched alkanes of at least 4 members (excludes halogenated alkanes) is 1. The molecule has 1 aromatic heterocycles. The number of aryl methyl sites for hydroxylation is 1. The summed E-state index contributed by atoms with van der Waals surface area (Å²) in [6.07, 6.45) is 3.67. The quantitative estimate of drug-likeness (QED) is 0.802. The summed E-state index contributed by atoms with van der Waals surface area (Å²) in [6, 6.07) is 0. The Morgan fingerprint density at radius 2 is 1.94 bits per heavy atom. The summed E-state index contributed by atoms with van der Waals surface area (Å²) in [5, 5.41) is 12.1. The number of piperidine rings is 1. The predicted octanol–water partition coefficient (Wildman–Crippen LogP) is 1.95. The van der Waals surface area contributed by atoms with E-state index in [9.17, 15) is 0 Å². The van der Waals surface area contributed by atoms with Crippen LogP contribution in [0.3, 0.4) is 0 Å². The van der Waals surface area contributed by atoms with Crippen LogP contribution in [0, 0.1) is 11.8 Å². The standard InChI is InChI=1S/C13H25N5/c1-4-5-6-18-13(14-15-16-18)10-17-8-11(2)7-12(3)9-17/h11-12H,4-10H2,1-3H3. The number of tetrazole rings is 1. The highest BCUT2D eigenvalue weighted by atomic mass is 15.5. The Morgan fingerprint density at radius 3 is 2.61 bits per heavy atom. The molecule has 0 N–H and O–H groups in total. The van der Waals surface area contributed by atoms with E-state index in [4.69, 9.17) is 0 Å². The maximum absolute atomic E-state index is 4.17. The summed E-state index contributed by atoms with van der Waals surface area (Å²) < 4.78 is 1.97. The van der Waals surface area contributed by atoms with Crippen molar-refractivity contribution in [2.75, 3.05) is 13.1 Å². The second-order valence-electron chi connectivity index (χ2n) is 5.81. The highest BCUT2D eigenvalue weighted by Gasteiger charge is 2.23. The summed E-state index contributed by atoms with van der Waals surface area (Å²) >= 11 is 0. The number of rotatable bonds is 5. The second kappa shape index (κ2) is 6.27. The van der Waals surface area contributed by atoms with E-state index in [1.54, 1.807) is 0 Å². The van der Waals surface area contributed by atoms with Crippen LogP contribution in [0.15, 0.2) is 0 Å². The van der Waals surface area contributed by atoms with Crippen molar-refractivity contribution in [3.63, 3.8) is 0 Å². The minimum atomic E-state index is 0.786. The molecule has 1 saturated heterocycles. The van der Waals surface area contributed by atoms with Crippen LogP contribution in [-0.2, 0) is 13.1 Å². The van der Waals surface area contributed by atoms with E-state index in [0.29, 0.717) is 0 Å². The fraction of sp³-hybridized carbons (Fsp3) is 0.923. The molecular weight excluding hydrogens is 226 g/mol. The van der Waals surface area contributed by atoms with Crippen molar-refractivity contribution in [2.45, 2.75) is 53.1 Å². The normalized spacial score (nSPS) is 25.5. The Balaban J connectivity index is 1.94. The number of likely N-dealkylation sites (tertiary alicyclic amines) is 1. The Bertz CT molecular complexity index is 352. The molecule has 2 unspecified atom stereocenters. The lowest BCUT2D eigenvalue weighted by atomic mass is 9.92. The zero-order chi connectivity index (χ0) is 13.0. The van der Waals surface area contributed by atoms with Crippen molar-refractivity contribution in [1.82, 2.24) is 25.1 Å². The summed E-state index contributed by atoms with van der Waals surface area (Å²) in [4.78, 5) is 2.49. The van der Waals surface area contributed by atoms with Gasteiger partial charge in [-0.15, -0.1) is 5.10 Å². The Hall–Kier alpha value is -0.970. The van der Waals surface area contributed by atoms with Gasteiger partial charge in [0.15, 0.2) is 5.82 Å². The third-order valence-corrected chi connectivity index (χ3v) is 3.64. The largest absolute Gasteiger partial charge is 0.295 e. The molecule has 1 aliphatic heterocycles. The lowest BCUT2D eigenvalue weighted by Gasteiger charge is -2.34. The van der Waals surface area contributed by atoms with E-state index in [-0.39, 0.29) is 0 Å². The van der Waals surface area contributed by atoms with E-state index in [2.05, 4.69) is 41.2 Å². The van der Waals surface area contributed by atoms with Crippen molar-refractivity contribution >= 4 is 0 Å². The molecule has 1 aromatic rings. The zero-order valence-corrected chi connectivity index (χ0v) is 11.8. The fourth-order valence-electron chi connectivity index (χ4n) is 2.94. The molecule has 102 valence electrons. The van der Waals surface area contributed by atoms with Crippen LogP contribution in [0.5, 0.6) is 0 Å². The average Bonchev–Trinajstić information content (AvgIpc) is 2.72. The Kier molecular flexibility index (Phi) is 4.69. The molecule has 0 aliphatic carbocycles. The summed E-state index contributed by atoms with van der Waals surface area (Å²) in [5.74, 6) is 2.59. The molecule has 18 heavy (non-hydrogen) atoms. The van der Waals surface area contributed by atoms with Crippen LogP contribution >= 0.6 is 0 Å². The third kappa shape index (κ3) is 3.51. The van der Waals surface area contributed by atoms with Gasteiger partial charge in [-0.25, -0.2) is 4.68 Å². The highest BCUT2D eigenvalue weighted by molar-refractivity contribution is 4.84. The van der Waals surface area contributed by atoms with E-state index in [1.807, 2.05) is 4.68 Å². The van der Waals surface area contributed by atoms with Gasteiger partial charge in [0.05, 0.1) is 6.54 Å². The van der Waals surface area contributed by atoms with Gasteiger partial charge in [0.1, 0.15) is 0 Å². The van der Waals surface area contributed by atoms with Gasteiger partial charge in [0.25, 0.3) is 0 Å². The molecule has 1 aliphatic rings. The zero-order valence-electron chi connectivity index (χ0n) is 11.8. The SMILES string of the molecule is CCCCn1nnnc1CN1CC(C)CC(C)C1. The van der Waals surface area contributed by atoms with Gasteiger partial charge in [0.2, 0.25) is 0 Å². The van der Waals surface area contributed by atoms with Gasteiger partial charge in [-0.3, -0.25) is 4.90 Å². The summed E-state index contributed by atoms with van der Waals surface area (Å²) in [5.41, 5.74) is 0. The lowest BCUT2D eigenvalue weighted by Crippen LogP contribution is -2.38. The number of nitrogens with zero attached hydrogens (tertiary/aromatic N) is 5. The minimum absolute atomic E-state index is 0.786. The molecule has 0 bridgehead atoms. The van der Waals surface area contributed by atoms with Crippen LogP contribution < -0.4 is 0 Å². The lowest BCUT2D eigenvalue weighted by molar-refractivity contribution is 0.129. The van der Waals surface area contributed by atoms with Crippen molar-refractivity contribution in [3.05, 3.63) is 5.82 Å². The van der Waals surface area contributed by atoms with E-state index < -0.39 is 0 Å². The van der Waals surface area contributed by atoms with Crippen LogP contribution in [0.4, 0.5) is 0 Å². The second-order valence-corrected chi connectivity index (χ2v) is 5.81. The summed E-state index contributed by atoms with van der Waals surface area (Å²) in [6.45, 7) is 11.0. The fourth-order valence-corrected chi connectivity index (χ4v) is 2.94. The molecule has 0 radical (unpaired) electrons. The molecule has 0 spiro atoms. The molecule has 0 aromatic carbocycles. The van der Waals surface area contributed by atoms with Crippen LogP contribution in [0.1, 0.15) is 45.9 Å². The van der Waals surface area contributed by atoms with Crippen molar-refractivity contribution < 1.29 is 0 Å². The molecule has 5 heteroatoms. The Labute approximate surface area is 110 Å². The maximum atomic E-state index is 4.17. The first kappa shape index (κ1) is 13.5. The molecule has 2 atom stereocenters. The molecule has 0 amide bonds. The van der Waals surface area contributed by atoms with Crippen molar-refractivity contribution in [3.8, 4) is 0 Å². The van der Waals surface area contributed by atoms with Crippen molar-refractivity contribution in [2.24, 2.45) is 11.8 Å². The minimum Gasteiger partial charge on any atom is -0.295 e. The van der Waals surface area contributed by atoms with Gasteiger partial charge in [-0.1, -0.05) is 27.2 Å². The maximum Gasteiger partial charge on any atom is 0.165 e. The predicted molar refractivity (Wildman–Crippen MR) is 70.9 cm³/mol. The molecular formula is C13H25N5.